The minimum atomic E-state index is -4.33. The maximum Gasteiger partial charge on any atom is 0.472 e. The molecule has 1 N–H and O–H groups in total. The second kappa shape index (κ2) is 22.8. The van der Waals surface area contributed by atoms with Crippen molar-refractivity contribution in [1.29, 1.82) is 0 Å². The van der Waals surface area contributed by atoms with Crippen LogP contribution < -0.4 is 0 Å². The van der Waals surface area contributed by atoms with Gasteiger partial charge in [-0.3, -0.25) is 18.6 Å². The first-order valence-electron chi connectivity index (χ1n) is 14.8. The molecular weight excluding hydrogens is 509 g/mol. The predicted molar refractivity (Wildman–Crippen MR) is 151 cm³/mol. The van der Waals surface area contributed by atoms with Crippen molar-refractivity contribution in [2.45, 2.75) is 123 Å². The van der Waals surface area contributed by atoms with Crippen LogP contribution in [0.4, 0.5) is 0 Å². The van der Waals surface area contributed by atoms with Crippen molar-refractivity contribution in [1.82, 2.24) is 0 Å². The molecule has 2 unspecified atom stereocenters. The van der Waals surface area contributed by atoms with Gasteiger partial charge in [-0.15, -0.1) is 0 Å². The van der Waals surface area contributed by atoms with E-state index in [0.717, 1.165) is 32.1 Å². The Morgan fingerprint density at radius 2 is 1.18 bits per heavy atom. The Balaban J connectivity index is 4.43. The third-order valence-corrected chi connectivity index (χ3v) is 7.12. The number of carbonyl (C=O) groups excluding carboxylic acids is 2. The van der Waals surface area contributed by atoms with Gasteiger partial charge in [0.15, 0.2) is 6.10 Å². The Bertz CT molecular complexity index is 653. The minimum absolute atomic E-state index is 0.0347. The molecule has 0 aromatic rings. The quantitative estimate of drug-likeness (QED) is 0.0543. The van der Waals surface area contributed by atoms with Crippen LogP contribution in [0.2, 0.25) is 0 Å². The molecule has 0 rings (SSSR count). The summed E-state index contributed by atoms with van der Waals surface area (Å²) in [5.41, 5.74) is 0. The van der Waals surface area contributed by atoms with E-state index in [4.69, 9.17) is 18.5 Å². The molecule has 0 bridgehead atoms. The summed E-state index contributed by atoms with van der Waals surface area (Å²) in [7, 11) is 1.48. The molecule has 0 fully saturated rings. The molecule has 0 saturated heterocycles. The zero-order chi connectivity index (χ0) is 28.7. The fourth-order valence-electron chi connectivity index (χ4n) is 3.72. The van der Waals surface area contributed by atoms with Gasteiger partial charge in [0.2, 0.25) is 0 Å². The zero-order valence-corrected chi connectivity index (χ0v) is 25.8. The Labute approximate surface area is 232 Å². The molecule has 0 aliphatic heterocycles. The lowest BCUT2D eigenvalue weighted by Gasteiger charge is -2.24. The number of likely N-dealkylation sites (N-methyl/N-ethyl adjacent to an activating group) is 1. The van der Waals surface area contributed by atoms with Crippen molar-refractivity contribution in [3.8, 4) is 0 Å². The van der Waals surface area contributed by atoms with E-state index in [0.29, 0.717) is 17.4 Å². The molecule has 38 heavy (non-hydrogen) atoms. The van der Waals surface area contributed by atoms with Gasteiger partial charge in [-0.2, -0.15) is 0 Å². The Hall–Kier alpha value is -0.990. The molecule has 2 atom stereocenters. The number of phosphoric acid groups is 1. The number of quaternary nitrogens is 1. The second-order valence-corrected chi connectivity index (χ2v) is 12.6. The number of carbonyl (C=O) groups is 2. The third-order valence-electron chi connectivity index (χ3n) is 6.14. The Morgan fingerprint density at radius 3 is 1.74 bits per heavy atom. The van der Waals surface area contributed by atoms with E-state index in [1.54, 1.807) is 0 Å². The van der Waals surface area contributed by atoms with Crippen molar-refractivity contribution in [2.75, 3.05) is 47.5 Å². The molecule has 0 radical (unpaired) electrons. The molecule has 10 heteroatoms. The molecule has 0 aromatic heterocycles. The highest BCUT2D eigenvalue weighted by Crippen LogP contribution is 2.43. The average Bonchev–Trinajstić information content (AvgIpc) is 2.83. The predicted octanol–water partition coefficient (Wildman–Crippen LogP) is 6.56. The minimum Gasteiger partial charge on any atom is -0.462 e. The normalized spacial score (nSPS) is 14.2. The van der Waals surface area contributed by atoms with E-state index in [2.05, 4.69) is 6.92 Å². The Kier molecular flexibility index (Phi) is 22.2. The first kappa shape index (κ1) is 37.0. The smallest absolute Gasteiger partial charge is 0.462 e. The molecule has 0 saturated carbocycles. The molecular formula is C28H57NO8P+. The van der Waals surface area contributed by atoms with Gasteiger partial charge in [0.25, 0.3) is 0 Å². The van der Waals surface area contributed by atoms with Gasteiger partial charge in [-0.05, 0) is 12.8 Å². The number of hydrogen-bond acceptors (Lipinski definition) is 7. The van der Waals surface area contributed by atoms with Crippen molar-refractivity contribution in [3.63, 3.8) is 0 Å². The summed E-state index contributed by atoms with van der Waals surface area (Å²) in [4.78, 5) is 34.4. The summed E-state index contributed by atoms with van der Waals surface area (Å²) in [6.07, 6.45) is 15.2. The summed E-state index contributed by atoms with van der Waals surface area (Å²) in [6, 6.07) is 0. The van der Waals surface area contributed by atoms with Crippen LogP contribution in [0, 0.1) is 0 Å². The van der Waals surface area contributed by atoms with E-state index in [1.807, 2.05) is 28.1 Å². The number of hydrogen-bond donors (Lipinski definition) is 1. The van der Waals surface area contributed by atoms with Crippen LogP contribution >= 0.6 is 7.82 Å². The van der Waals surface area contributed by atoms with Gasteiger partial charge >= 0.3 is 19.8 Å². The highest BCUT2D eigenvalue weighted by molar-refractivity contribution is 7.47. The highest BCUT2D eigenvalue weighted by atomic mass is 31.2. The van der Waals surface area contributed by atoms with E-state index in [1.165, 1.54) is 51.4 Å². The van der Waals surface area contributed by atoms with Crippen molar-refractivity contribution in [3.05, 3.63) is 0 Å². The van der Waals surface area contributed by atoms with Crippen LogP contribution in [0.1, 0.15) is 117 Å². The van der Waals surface area contributed by atoms with E-state index >= 15 is 0 Å². The van der Waals surface area contributed by atoms with E-state index in [9.17, 15) is 19.0 Å². The maximum atomic E-state index is 12.4. The monoisotopic (exact) mass is 566 g/mol. The van der Waals surface area contributed by atoms with E-state index in [-0.39, 0.29) is 26.1 Å². The topological polar surface area (TPSA) is 108 Å². The van der Waals surface area contributed by atoms with Gasteiger partial charge in [0.1, 0.15) is 19.8 Å². The molecule has 0 aliphatic carbocycles. The Morgan fingerprint density at radius 1 is 0.711 bits per heavy atom. The molecule has 226 valence electrons. The lowest BCUT2D eigenvalue weighted by Crippen LogP contribution is -2.37. The summed E-state index contributed by atoms with van der Waals surface area (Å²) in [5.74, 6) is -0.827. The first-order valence-corrected chi connectivity index (χ1v) is 16.3. The van der Waals surface area contributed by atoms with Gasteiger partial charge in [0.05, 0.1) is 27.7 Å². The van der Waals surface area contributed by atoms with Crippen LogP contribution in [0.15, 0.2) is 0 Å². The molecule has 0 heterocycles. The number of rotatable bonds is 26. The van der Waals surface area contributed by atoms with Crippen LogP contribution in [-0.2, 0) is 32.7 Å². The fraction of sp³-hybridized carbons (Fsp3) is 0.929. The summed E-state index contributed by atoms with van der Waals surface area (Å²) in [6.45, 7) is 4.20. The molecule has 0 spiro atoms. The van der Waals surface area contributed by atoms with Crippen molar-refractivity contribution < 1.29 is 42.1 Å². The molecule has 9 nitrogen and oxygen atoms in total. The van der Waals surface area contributed by atoms with Gasteiger partial charge in [-0.25, -0.2) is 4.57 Å². The van der Waals surface area contributed by atoms with Crippen LogP contribution in [0.5, 0.6) is 0 Å². The van der Waals surface area contributed by atoms with Crippen molar-refractivity contribution in [2.24, 2.45) is 0 Å². The number of nitrogens with zero attached hydrogens (tertiary/aromatic N) is 1. The SMILES string of the molecule is CCCCCCCCCCCCCC(=O)OC(COC(=O)CCCCC)COP(=O)(O)OCC[N+](C)(C)C. The van der Waals surface area contributed by atoms with Crippen LogP contribution in [-0.4, -0.2) is 74.9 Å². The third kappa shape index (κ3) is 25.3. The van der Waals surface area contributed by atoms with Gasteiger partial charge in [0, 0.05) is 12.8 Å². The summed E-state index contributed by atoms with van der Waals surface area (Å²) < 4.78 is 33.6. The highest BCUT2D eigenvalue weighted by Gasteiger charge is 2.27. The molecule has 0 aromatic carbocycles. The average molecular weight is 567 g/mol. The number of unbranched alkanes of at least 4 members (excludes halogenated alkanes) is 12. The van der Waals surface area contributed by atoms with Gasteiger partial charge in [-0.1, -0.05) is 90.9 Å². The van der Waals surface area contributed by atoms with E-state index < -0.39 is 32.5 Å². The zero-order valence-electron chi connectivity index (χ0n) is 24.9. The van der Waals surface area contributed by atoms with Gasteiger partial charge < -0.3 is 18.9 Å². The lowest BCUT2D eigenvalue weighted by atomic mass is 10.1. The molecule has 0 amide bonds. The second-order valence-electron chi connectivity index (χ2n) is 11.1. The first-order chi connectivity index (χ1) is 18.0. The summed E-state index contributed by atoms with van der Waals surface area (Å²) in [5, 5.41) is 0. The maximum absolute atomic E-state index is 12.4. The number of ether oxygens (including phenoxy) is 2. The van der Waals surface area contributed by atoms with Crippen molar-refractivity contribution >= 4 is 19.8 Å². The standard InChI is InChI=1S/C28H56NO8P/c1-6-8-10-11-12-13-14-15-16-17-19-21-28(31)37-26(24-34-27(30)20-18-9-7-2)25-36-38(32,33)35-23-22-29(3,4)5/h26H,6-25H2,1-5H3/p+1. The summed E-state index contributed by atoms with van der Waals surface area (Å²) >= 11 is 0. The van der Waals surface area contributed by atoms with Crippen LogP contribution in [0.3, 0.4) is 0 Å². The number of phosphoric ester groups is 1. The fourth-order valence-corrected chi connectivity index (χ4v) is 4.46. The molecule has 0 aliphatic rings. The van der Waals surface area contributed by atoms with Crippen LogP contribution in [0.25, 0.3) is 0 Å². The lowest BCUT2D eigenvalue weighted by molar-refractivity contribution is -0.870. The number of esters is 2. The largest absolute Gasteiger partial charge is 0.472 e.